The van der Waals surface area contributed by atoms with Crippen molar-refractivity contribution < 1.29 is 14.6 Å². The third-order valence-corrected chi connectivity index (χ3v) is 4.51. The zero-order chi connectivity index (χ0) is 17.4. The summed E-state index contributed by atoms with van der Waals surface area (Å²) in [6, 6.07) is 15.6. The molecule has 0 saturated heterocycles. The van der Waals surface area contributed by atoms with Gasteiger partial charge in [-0.25, -0.2) is 9.48 Å². The van der Waals surface area contributed by atoms with Gasteiger partial charge in [0.05, 0.1) is 24.6 Å². The molecule has 0 unspecified atom stereocenters. The lowest BCUT2D eigenvalue weighted by Gasteiger charge is -2.09. The number of para-hydroxylation sites is 1. The Morgan fingerprint density at radius 3 is 2.68 bits per heavy atom. The Morgan fingerprint density at radius 1 is 1.16 bits per heavy atom. The maximum atomic E-state index is 12.4. The van der Waals surface area contributed by atoms with Crippen molar-refractivity contribution in [3.63, 3.8) is 0 Å². The molecule has 0 bridgehead atoms. The van der Waals surface area contributed by atoms with E-state index in [1.165, 1.54) is 0 Å². The van der Waals surface area contributed by atoms with E-state index in [0.29, 0.717) is 18.7 Å². The van der Waals surface area contributed by atoms with E-state index in [1.807, 2.05) is 48.5 Å². The summed E-state index contributed by atoms with van der Waals surface area (Å²) in [5, 5.41) is 14.2. The van der Waals surface area contributed by atoms with Crippen molar-refractivity contribution in [1.82, 2.24) is 9.78 Å². The number of carbonyl (C=O) groups excluding carboxylic acids is 1. The summed E-state index contributed by atoms with van der Waals surface area (Å²) in [5.41, 5.74) is 5.93. The van der Waals surface area contributed by atoms with Crippen LogP contribution < -0.4 is 0 Å². The molecule has 0 atom stereocenters. The number of hydrogen-bond donors (Lipinski definition) is 1. The molecular formula is C20H18N2O3. The lowest BCUT2D eigenvalue weighted by Crippen LogP contribution is -2.09. The Labute approximate surface area is 145 Å². The first kappa shape index (κ1) is 15.6. The molecule has 3 aromatic rings. The van der Waals surface area contributed by atoms with Gasteiger partial charge < -0.3 is 9.84 Å². The lowest BCUT2D eigenvalue weighted by atomic mass is 10.0. The molecule has 1 heterocycles. The number of hydrogen-bond acceptors (Lipinski definition) is 4. The van der Waals surface area contributed by atoms with Gasteiger partial charge in [0.1, 0.15) is 0 Å². The lowest BCUT2D eigenvalue weighted by molar-refractivity contribution is 0.0518. The SMILES string of the molecule is CCOC(=O)c1nn(-c2ccccc2)c2c1Cc1c(CO)cccc1-2. The molecule has 25 heavy (non-hydrogen) atoms. The molecule has 0 saturated carbocycles. The maximum Gasteiger partial charge on any atom is 0.359 e. The number of nitrogens with zero attached hydrogens (tertiary/aromatic N) is 2. The van der Waals surface area contributed by atoms with E-state index < -0.39 is 5.97 Å². The van der Waals surface area contributed by atoms with E-state index in [1.54, 1.807) is 11.6 Å². The van der Waals surface area contributed by atoms with Gasteiger partial charge in [-0.3, -0.25) is 0 Å². The van der Waals surface area contributed by atoms with E-state index in [-0.39, 0.29) is 6.61 Å². The number of aliphatic hydroxyl groups excluding tert-OH is 1. The molecule has 1 aliphatic carbocycles. The highest BCUT2D eigenvalue weighted by Crippen LogP contribution is 2.41. The quantitative estimate of drug-likeness (QED) is 0.583. The standard InChI is InChI=1S/C20H18N2O3/c1-2-25-20(24)18-17-11-16-13(12-23)7-6-10-15(16)19(17)22(21-18)14-8-4-3-5-9-14/h3-10,23H,2,11-12H2,1H3. The van der Waals surface area contributed by atoms with Crippen molar-refractivity contribution in [2.45, 2.75) is 20.0 Å². The first-order valence-corrected chi connectivity index (χ1v) is 8.31. The van der Waals surface area contributed by atoms with Crippen LogP contribution in [0.3, 0.4) is 0 Å². The van der Waals surface area contributed by atoms with Crippen molar-refractivity contribution in [2.24, 2.45) is 0 Å². The van der Waals surface area contributed by atoms with Crippen molar-refractivity contribution in [1.29, 1.82) is 0 Å². The molecule has 0 radical (unpaired) electrons. The summed E-state index contributed by atoms with van der Waals surface area (Å²) in [4.78, 5) is 12.4. The van der Waals surface area contributed by atoms with E-state index in [4.69, 9.17) is 4.74 Å². The molecule has 1 aromatic heterocycles. The fourth-order valence-electron chi connectivity index (χ4n) is 3.40. The third-order valence-electron chi connectivity index (χ3n) is 4.51. The predicted molar refractivity (Wildman–Crippen MR) is 93.7 cm³/mol. The first-order valence-electron chi connectivity index (χ1n) is 8.31. The second-order valence-electron chi connectivity index (χ2n) is 5.92. The van der Waals surface area contributed by atoms with E-state index in [2.05, 4.69) is 5.10 Å². The topological polar surface area (TPSA) is 64.3 Å². The molecular weight excluding hydrogens is 316 g/mol. The summed E-state index contributed by atoms with van der Waals surface area (Å²) < 4.78 is 6.99. The Hall–Kier alpha value is -2.92. The van der Waals surface area contributed by atoms with Crippen LogP contribution in [0, 0.1) is 0 Å². The van der Waals surface area contributed by atoms with Crippen molar-refractivity contribution >= 4 is 5.97 Å². The number of esters is 1. The number of aromatic nitrogens is 2. The molecule has 1 aliphatic rings. The molecule has 1 N–H and O–H groups in total. The van der Waals surface area contributed by atoms with Crippen LogP contribution in [0.15, 0.2) is 48.5 Å². The van der Waals surface area contributed by atoms with Gasteiger partial charge in [-0.1, -0.05) is 36.4 Å². The van der Waals surface area contributed by atoms with Crippen molar-refractivity contribution in [2.75, 3.05) is 6.61 Å². The van der Waals surface area contributed by atoms with E-state index >= 15 is 0 Å². The number of carbonyl (C=O) groups is 1. The minimum Gasteiger partial charge on any atom is -0.461 e. The van der Waals surface area contributed by atoms with Crippen LogP contribution >= 0.6 is 0 Å². The van der Waals surface area contributed by atoms with Crippen LogP contribution in [-0.2, 0) is 17.8 Å². The van der Waals surface area contributed by atoms with Gasteiger partial charge in [0.25, 0.3) is 0 Å². The molecule has 2 aromatic carbocycles. The van der Waals surface area contributed by atoms with E-state index in [0.717, 1.165) is 33.6 Å². The monoisotopic (exact) mass is 334 g/mol. The van der Waals surface area contributed by atoms with Crippen LogP contribution in [0.1, 0.15) is 34.1 Å². The molecule has 126 valence electrons. The first-order chi connectivity index (χ1) is 12.2. The molecule has 5 heteroatoms. The fourth-order valence-corrected chi connectivity index (χ4v) is 3.40. The van der Waals surface area contributed by atoms with Crippen LogP contribution in [0.25, 0.3) is 16.9 Å². The van der Waals surface area contributed by atoms with Crippen molar-refractivity contribution in [3.8, 4) is 16.9 Å². The van der Waals surface area contributed by atoms with Gasteiger partial charge in [-0.05, 0) is 30.2 Å². The van der Waals surface area contributed by atoms with Gasteiger partial charge in [0.2, 0.25) is 0 Å². The van der Waals surface area contributed by atoms with Crippen molar-refractivity contribution in [3.05, 3.63) is 70.9 Å². The van der Waals surface area contributed by atoms with Gasteiger partial charge >= 0.3 is 5.97 Å². The van der Waals surface area contributed by atoms with Crippen LogP contribution in [0.4, 0.5) is 0 Å². The summed E-state index contributed by atoms with van der Waals surface area (Å²) >= 11 is 0. The van der Waals surface area contributed by atoms with Gasteiger partial charge in [-0.15, -0.1) is 0 Å². The normalized spacial score (nSPS) is 11.9. The molecule has 4 rings (SSSR count). The number of aliphatic hydroxyl groups is 1. The largest absolute Gasteiger partial charge is 0.461 e. The number of rotatable bonds is 4. The molecule has 5 nitrogen and oxygen atoms in total. The van der Waals surface area contributed by atoms with Crippen LogP contribution in [0.5, 0.6) is 0 Å². The smallest absolute Gasteiger partial charge is 0.359 e. The van der Waals surface area contributed by atoms with Gasteiger partial charge in [0, 0.05) is 17.5 Å². The molecule has 0 spiro atoms. The van der Waals surface area contributed by atoms with E-state index in [9.17, 15) is 9.90 Å². The molecule has 0 amide bonds. The Kier molecular flexibility index (Phi) is 3.86. The zero-order valence-corrected chi connectivity index (χ0v) is 13.9. The number of fused-ring (bicyclic) bond motifs is 3. The predicted octanol–water partition coefficient (Wildman–Crippen LogP) is 3.11. The summed E-state index contributed by atoms with van der Waals surface area (Å²) in [6.07, 6.45) is 0.572. The summed E-state index contributed by atoms with van der Waals surface area (Å²) in [5.74, 6) is -0.410. The van der Waals surface area contributed by atoms with Crippen LogP contribution in [0.2, 0.25) is 0 Å². The highest BCUT2D eigenvalue weighted by molar-refractivity contribution is 5.94. The van der Waals surface area contributed by atoms with Gasteiger partial charge in [0.15, 0.2) is 5.69 Å². The summed E-state index contributed by atoms with van der Waals surface area (Å²) in [6.45, 7) is 2.06. The second kappa shape index (κ2) is 6.18. The third kappa shape index (κ3) is 2.44. The Morgan fingerprint density at radius 2 is 1.96 bits per heavy atom. The highest BCUT2D eigenvalue weighted by atomic mass is 16.5. The van der Waals surface area contributed by atoms with Gasteiger partial charge in [-0.2, -0.15) is 5.10 Å². The Bertz CT molecular complexity index is 945. The minimum absolute atomic E-state index is 0.0268. The number of ether oxygens (including phenoxy) is 1. The highest BCUT2D eigenvalue weighted by Gasteiger charge is 2.32. The molecule has 0 fully saturated rings. The average Bonchev–Trinajstić information content (AvgIpc) is 3.20. The zero-order valence-electron chi connectivity index (χ0n) is 13.9. The Balaban J connectivity index is 1.96. The second-order valence-corrected chi connectivity index (χ2v) is 5.92. The minimum atomic E-state index is -0.410. The average molecular weight is 334 g/mol. The molecule has 0 aliphatic heterocycles. The maximum absolute atomic E-state index is 12.4. The summed E-state index contributed by atoms with van der Waals surface area (Å²) in [7, 11) is 0. The fraction of sp³-hybridized carbons (Fsp3) is 0.200. The van der Waals surface area contributed by atoms with Crippen LogP contribution in [-0.4, -0.2) is 27.5 Å². The number of benzene rings is 2.